The van der Waals surface area contributed by atoms with Gasteiger partial charge in [0.25, 0.3) is 5.91 Å². The lowest BCUT2D eigenvalue weighted by Gasteiger charge is -2.28. The van der Waals surface area contributed by atoms with E-state index in [1.807, 2.05) is 29.9 Å². The Morgan fingerprint density at radius 3 is 2.89 bits per heavy atom. The predicted molar refractivity (Wildman–Crippen MR) is 136 cm³/mol. The molecule has 0 aliphatic carbocycles. The maximum Gasteiger partial charge on any atom is 0.251 e. The number of H-pyrrole nitrogens is 1. The molecule has 0 radical (unpaired) electrons. The quantitative estimate of drug-likeness (QED) is 0.448. The van der Waals surface area contributed by atoms with E-state index in [1.54, 1.807) is 12.3 Å². The third-order valence-electron chi connectivity index (χ3n) is 7.09. The lowest BCUT2D eigenvalue weighted by Crippen LogP contribution is -2.31. The molecule has 1 aromatic carbocycles. The van der Waals surface area contributed by atoms with Gasteiger partial charge < -0.3 is 25.0 Å². The zero-order valence-corrected chi connectivity index (χ0v) is 20.5. The second-order valence-electron chi connectivity index (χ2n) is 9.58. The van der Waals surface area contributed by atoms with Gasteiger partial charge >= 0.3 is 0 Å². The molecular formula is C26H34N6O3. The maximum atomic E-state index is 12.8. The summed E-state index contributed by atoms with van der Waals surface area (Å²) in [7, 11) is 2.15. The summed E-state index contributed by atoms with van der Waals surface area (Å²) in [6.45, 7) is 5.41. The average Bonchev–Trinajstić information content (AvgIpc) is 3.61. The van der Waals surface area contributed by atoms with E-state index >= 15 is 0 Å². The fraction of sp³-hybridized carbons (Fsp3) is 0.500. The normalized spacial score (nSPS) is 20.1. The van der Waals surface area contributed by atoms with E-state index in [-0.39, 0.29) is 17.9 Å². The van der Waals surface area contributed by atoms with E-state index in [4.69, 9.17) is 9.73 Å². The molecule has 2 fully saturated rings. The molecule has 4 heterocycles. The Bertz CT molecular complexity index is 1220. The predicted octanol–water partition coefficient (Wildman–Crippen LogP) is 3.78. The van der Waals surface area contributed by atoms with Gasteiger partial charge in [-0.25, -0.2) is 4.99 Å². The summed E-state index contributed by atoms with van der Waals surface area (Å²) in [5, 5.41) is 19.1. The SMILES string of the molecule is CCC(=Nc1cnn(C2CCN(C)CC2)c1)c1c(O)[nH]c2ccc(C(=O)NC[C@H]3CCCO3)cc12. The van der Waals surface area contributed by atoms with E-state index < -0.39 is 0 Å². The first kappa shape index (κ1) is 23.6. The minimum Gasteiger partial charge on any atom is -0.494 e. The van der Waals surface area contributed by atoms with Crippen molar-refractivity contribution < 1.29 is 14.6 Å². The number of benzene rings is 1. The molecular weight excluding hydrogens is 444 g/mol. The summed E-state index contributed by atoms with van der Waals surface area (Å²) < 4.78 is 7.62. The number of nitrogens with zero attached hydrogens (tertiary/aromatic N) is 4. The molecule has 3 aromatic rings. The van der Waals surface area contributed by atoms with Gasteiger partial charge in [0.15, 0.2) is 5.88 Å². The van der Waals surface area contributed by atoms with Crippen molar-refractivity contribution in [1.82, 2.24) is 25.0 Å². The van der Waals surface area contributed by atoms with E-state index in [9.17, 15) is 9.90 Å². The number of hydrogen-bond donors (Lipinski definition) is 3. The van der Waals surface area contributed by atoms with Crippen LogP contribution in [0.5, 0.6) is 5.88 Å². The van der Waals surface area contributed by atoms with Crippen LogP contribution in [0.1, 0.15) is 61.0 Å². The van der Waals surface area contributed by atoms with Gasteiger partial charge in [-0.05, 0) is 70.4 Å². The Morgan fingerprint density at radius 1 is 1.31 bits per heavy atom. The van der Waals surface area contributed by atoms with Crippen LogP contribution in [0.25, 0.3) is 10.9 Å². The standard InChI is InChI=1S/C26H34N6O3/c1-3-22(29-18-14-28-32(16-18)19-8-10-31(2)11-9-19)24-21-13-17(6-7-23(21)30-26(24)34)25(33)27-15-20-5-4-12-35-20/h6-7,13-14,16,19-20,30,34H,3-5,8-12,15H2,1-2H3,(H,27,33)/t20-/m1/s1. The molecule has 5 rings (SSSR count). The van der Waals surface area contributed by atoms with Crippen molar-refractivity contribution in [3.63, 3.8) is 0 Å². The van der Waals surface area contributed by atoms with Crippen LogP contribution in [0.3, 0.4) is 0 Å². The van der Waals surface area contributed by atoms with E-state index in [2.05, 4.69) is 27.3 Å². The summed E-state index contributed by atoms with van der Waals surface area (Å²) >= 11 is 0. The molecule has 0 bridgehead atoms. The van der Waals surface area contributed by atoms with E-state index in [0.29, 0.717) is 30.1 Å². The highest BCUT2D eigenvalue weighted by Crippen LogP contribution is 2.31. The van der Waals surface area contributed by atoms with Gasteiger partial charge in [-0.1, -0.05) is 6.92 Å². The fourth-order valence-electron chi connectivity index (χ4n) is 5.04. The second-order valence-corrected chi connectivity index (χ2v) is 9.58. The molecule has 2 aromatic heterocycles. The van der Waals surface area contributed by atoms with Crippen LogP contribution in [0, 0.1) is 0 Å². The Morgan fingerprint density at radius 2 is 2.14 bits per heavy atom. The van der Waals surface area contributed by atoms with Gasteiger partial charge in [-0.3, -0.25) is 9.48 Å². The third-order valence-corrected chi connectivity index (χ3v) is 7.09. The summed E-state index contributed by atoms with van der Waals surface area (Å²) in [5.74, 6) is -0.0938. The Kier molecular flexibility index (Phi) is 6.88. The van der Waals surface area contributed by atoms with Crippen LogP contribution >= 0.6 is 0 Å². The molecule has 2 saturated heterocycles. The molecule has 2 aliphatic heterocycles. The average molecular weight is 479 g/mol. The zero-order chi connectivity index (χ0) is 24.4. The molecule has 9 heteroatoms. The van der Waals surface area contributed by atoms with Crippen molar-refractivity contribution in [2.75, 3.05) is 33.3 Å². The van der Waals surface area contributed by atoms with Gasteiger partial charge in [0, 0.05) is 29.6 Å². The van der Waals surface area contributed by atoms with Gasteiger partial charge in [0.05, 0.1) is 35.8 Å². The number of ether oxygens (including phenoxy) is 1. The van der Waals surface area contributed by atoms with E-state index in [1.165, 1.54) is 0 Å². The molecule has 0 saturated carbocycles. The number of nitrogens with one attached hydrogen (secondary N) is 2. The number of carbonyl (C=O) groups is 1. The smallest absolute Gasteiger partial charge is 0.251 e. The molecule has 3 N–H and O–H groups in total. The van der Waals surface area contributed by atoms with Gasteiger partial charge in [-0.15, -0.1) is 0 Å². The summed E-state index contributed by atoms with van der Waals surface area (Å²) in [6, 6.07) is 5.79. The lowest BCUT2D eigenvalue weighted by atomic mass is 10.0. The van der Waals surface area contributed by atoms with Crippen molar-refractivity contribution in [1.29, 1.82) is 0 Å². The minimum absolute atomic E-state index is 0.0558. The maximum absolute atomic E-state index is 12.8. The minimum atomic E-state index is -0.150. The molecule has 2 aliphatic rings. The third kappa shape index (κ3) is 5.11. The summed E-state index contributed by atoms with van der Waals surface area (Å²) in [4.78, 5) is 23.0. The first-order chi connectivity index (χ1) is 17.0. The van der Waals surface area contributed by atoms with Crippen LogP contribution in [0.15, 0.2) is 35.6 Å². The van der Waals surface area contributed by atoms with Crippen LogP contribution in [0.4, 0.5) is 5.69 Å². The molecule has 9 nitrogen and oxygen atoms in total. The number of aliphatic imine (C=N–C) groups is 1. The monoisotopic (exact) mass is 478 g/mol. The fourth-order valence-corrected chi connectivity index (χ4v) is 5.04. The zero-order valence-electron chi connectivity index (χ0n) is 20.5. The molecule has 0 spiro atoms. The van der Waals surface area contributed by atoms with Gasteiger partial charge in [0.2, 0.25) is 0 Å². The Labute approximate surface area is 205 Å². The van der Waals surface area contributed by atoms with Crippen molar-refractivity contribution >= 4 is 28.2 Å². The van der Waals surface area contributed by atoms with Crippen LogP contribution < -0.4 is 5.32 Å². The molecule has 0 unspecified atom stereocenters. The van der Waals surface area contributed by atoms with Crippen LogP contribution in [-0.2, 0) is 4.74 Å². The number of rotatable bonds is 7. The number of fused-ring (bicyclic) bond motifs is 1. The van der Waals surface area contributed by atoms with Gasteiger partial charge in [-0.2, -0.15) is 5.10 Å². The first-order valence-corrected chi connectivity index (χ1v) is 12.6. The second kappa shape index (κ2) is 10.2. The van der Waals surface area contributed by atoms with Crippen LogP contribution in [-0.4, -0.2) is 75.8 Å². The van der Waals surface area contributed by atoms with Crippen molar-refractivity contribution in [3.8, 4) is 5.88 Å². The van der Waals surface area contributed by atoms with Crippen molar-refractivity contribution in [2.45, 2.75) is 51.2 Å². The highest BCUT2D eigenvalue weighted by Gasteiger charge is 2.21. The highest BCUT2D eigenvalue weighted by atomic mass is 16.5. The molecule has 1 amide bonds. The number of amides is 1. The topological polar surface area (TPSA) is 108 Å². The Hall–Kier alpha value is -3.17. The van der Waals surface area contributed by atoms with Crippen LogP contribution in [0.2, 0.25) is 0 Å². The number of likely N-dealkylation sites (tertiary alicyclic amines) is 1. The summed E-state index contributed by atoms with van der Waals surface area (Å²) in [5.41, 5.74) is 3.44. The lowest BCUT2D eigenvalue weighted by molar-refractivity contribution is 0.0858. The Balaban J connectivity index is 1.39. The van der Waals surface area contributed by atoms with E-state index in [0.717, 1.165) is 67.7 Å². The summed E-state index contributed by atoms with van der Waals surface area (Å²) in [6.07, 6.45) is 8.63. The van der Waals surface area contributed by atoms with Crippen molar-refractivity contribution in [3.05, 3.63) is 41.7 Å². The number of carbonyl (C=O) groups excluding carboxylic acids is 1. The van der Waals surface area contributed by atoms with Gasteiger partial charge in [0.1, 0.15) is 5.69 Å². The number of hydrogen-bond acceptors (Lipinski definition) is 6. The molecule has 35 heavy (non-hydrogen) atoms. The molecule has 186 valence electrons. The largest absolute Gasteiger partial charge is 0.494 e. The highest BCUT2D eigenvalue weighted by molar-refractivity contribution is 6.14. The first-order valence-electron chi connectivity index (χ1n) is 12.6. The molecule has 1 atom stereocenters. The number of aromatic hydroxyl groups is 1. The number of aromatic nitrogens is 3. The number of aromatic amines is 1. The number of piperidine rings is 1. The van der Waals surface area contributed by atoms with Crippen molar-refractivity contribution in [2.24, 2.45) is 4.99 Å².